The zero-order valence-corrected chi connectivity index (χ0v) is 10.7. The van der Waals surface area contributed by atoms with Gasteiger partial charge in [0, 0.05) is 10.6 Å². The van der Waals surface area contributed by atoms with Crippen LogP contribution >= 0.6 is 11.6 Å². The van der Waals surface area contributed by atoms with Gasteiger partial charge in [0.1, 0.15) is 0 Å². The van der Waals surface area contributed by atoms with Crippen molar-refractivity contribution >= 4 is 17.6 Å². The van der Waals surface area contributed by atoms with Crippen molar-refractivity contribution in [2.75, 3.05) is 0 Å². The van der Waals surface area contributed by atoms with Gasteiger partial charge < -0.3 is 11.1 Å². The second-order valence-electron chi connectivity index (χ2n) is 4.67. The topological polar surface area (TPSA) is 50.4 Å². The Morgan fingerprint density at radius 1 is 1.38 bits per heavy atom. The molecule has 3 nitrogen and oxygen atoms in total. The average molecular weight is 240 g/mol. The van der Waals surface area contributed by atoms with Crippen molar-refractivity contribution < 1.29 is 0 Å². The molecule has 0 aliphatic rings. The molecular formula is C12H18ClN3. The van der Waals surface area contributed by atoms with Crippen LogP contribution in [-0.4, -0.2) is 11.5 Å². The molecule has 0 radical (unpaired) electrons. The third-order valence-corrected chi connectivity index (χ3v) is 2.25. The molecule has 0 bridgehead atoms. The van der Waals surface area contributed by atoms with E-state index in [1.807, 2.05) is 45.0 Å². The third-order valence-electron chi connectivity index (χ3n) is 1.88. The minimum atomic E-state index is -0.0753. The summed E-state index contributed by atoms with van der Waals surface area (Å²) in [6.45, 7) is 6.59. The largest absolute Gasteiger partial charge is 0.370 e. The van der Waals surface area contributed by atoms with Crippen LogP contribution in [0.2, 0.25) is 5.02 Å². The molecule has 3 N–H and O–H groups in total. The molecule has 0 unspecified atom stereocenters. The number of nitrogens with one attached hydrogen (secondary N) is 1. The van der Waals surface area contributed by atoms with Crippen molar-refractivity contribution in [3.05, 3.63) is 34.9 Å². The minimum Gasteiger partial charge on any atom is -0.370 e. The number of rotatable bonds is 2. The van der Waals surface area contributed by atoms with Gasteiger partial charge in [-0.25, -0.2) is 4.99 Å². The molecule has 88 valence electrons. The summed E-state index contributed by atoms with van der Waals surface area (Å²) in [5.74, 6) is 0.437. The van der Waals surface area contributed by atoms with Crippen molar-refractivity contribution in [3.63, 3.8) is 0 Å². The second-order valence-corrected chi connectivity index (χ2v) is 5.08. The second kappa shape index (κ2) is 5.21. The Balaban J connectivity index is 2.63. The highest BCUT2D eigenvalue weighted by Crippen LogP contribution is 2.15. The van der Waals surface area contributed by atoms with Crippen LogP contribution in [0.25, 0.3) is 0 Å². The molecule has 0 fully saturated rings. The van der Waals surface area contributed by atoms with Crippen LogP contribution in [0.1, 0.15) is 26.3 Å². The molecule has 0 amide bonds. The summed E-state index contributed by atoms with van der Waals surface area (Å²) in [6.07, 6.45) is 0. The lowest BCUT2D eigenvalue weighted by Crippen LogP contribution is -2.44. The first-order valence-corrected chi connectivity index (χ1v) is 5.58. The molecule has 0 aromatic heterocycles. The van der Waals surface area contributed by atoms with E-state index in [1.165, 1.54) is 0 Å². The Kier molecular flexibility index (Phi) is 4.19. The van der Waals surface area contributed by atoms with Crippen molar-refractivity contribution in [1.29, 1.82) is 0 Å². The third kappa shape index (κ3) is 4.53. The standard InChI is InChI=1S/C12H18ClN3/c1-12(2,3)16-11(14)15-8-9-6-4-5-7-10(9)13/h4-7H,8H2,1-3H3,(H3,14,15,16). The van der Waals surface area contributed by atoms with Crippen LogP contribution < -0.4 is 11.1 Å². The molecule has 0 aliphatic carbocycles. The van der Waals surface area contributed by atoms with Gasteiger partial charge in [0.2, 0.25) is 0 Å². The van der Waals surface area contributed by atoms with E-state index < -0.39 is 0 Å². The Bertz CT molecular complexity index is 380. The number of nitrogens with zero attached hydrogens (tertiary/aromatic N) is 1. The molecule has 1 rings (SSSR count). The van der Waals surface area contributed by atoms with E-state index in [0.717, 1.165) is 10.6 Å². The highest BCUT2D eigenvalue weighted by Gasteiger charge is 2.09. The van der Waals surface area contributed by atoms with E-state index in [2.05, 4.69) is 10.3 Å². The van der Waals surface area contributed by atoms with Gasteiger partial charge in [-0.05, 0) is 32.4 Å². The smallest absolute Gasteiger partial charge is 0.189 e. The van der Waals surface area contributed by atoms with Crippen LogP contribution in [0.4, 0.5) is 0 Å². The Morgan fingerprint density at radius 3 is 2.56 bits per heavy atom. The van der Waals surface area contributed by atoms with Gasteiger partial charge in [-0.2, -0.15) is 0 Å². The quantitative estimate of drug-likeness (QED) is 0.616. The molecule has 0 saturated carbocycles. The first kappa shape index (κ1) is 12.8. The Morgan fingerprint density at radius 2 is 2.00 bits per heavy atom. The number of hydrogen-bond acceptors (Lipinski definition) is 1. The van der Waals surface area contributed by atoms with Crippen molar-refractivity contribution in [2.45, 2.75) is 32.9 Å². The van der Waals surface area contributed by atoms with E-state index in [9.17, 15) is 0 Å². The van der Waals surface area contributed by atoms with Crippen LogP contribution in [0.3, 0.4) is 0 Å². The maximum atomic E-state index is 6.01. The van der Waals surface area contributed by atoms with Gasteiger partial charge in [0.15, 0.2) is 5.96 Å². The maximum absolute atomic E-state index is 6.01. The van der Waals surface area contributed by atoms with Crippen molar-refractivity contribution in [3.8, 4) is 0 Å². The molecule has 1 aromatic rings. The molecule has 0 spiro atoms. The highest BCUT2D eigenvalue weighted by molar-refractivity contribution is 6.31. The van der Waals surface area contributed by atoms with Gasteiger partial charge in [-0.1, -0.05) is 29.8 Å². The highest BCUT2D eigenvalue weighted by atomic mass is 35.5. The fraction of sp³-hybridized carbons (Fsp3) is 0.417. The molecule has 0 heterocycles. The molecule has 16 heavy (non-hydrogen) atoms. The lowest BCUT2D eigenvalue weighted by molar-refractivity contribution is 0.508. The van der Waals surface area contributed by atoms with Crippen molar-refractivity contribution in [2.24, 2.45) is 10.7 Å². The number of nitrogens with two attached hydrogens (primary N) is 1. The molecular weight excluding hydrogens is 222 g/mol. The van der Waals surface area contributed by atoms with Crippen LogP contribution in [0, 0.1) is 0 Å². The maximum Gasteiger partial charge on any atom is 0.189 e. The monoisotopic (exact) mass is 239 g/mol. The van der Waals surface area contributed by atoms with E-state index >= 15 is 0 Å². The lowest BCUT2D eigenvalue weighted by Gasteiger charge is -2.21. The number of benzene rings is 1. The fourth-order valence-electron chi connectivity index (χ4n) is 1.22. The average Bonchev–Trinajstić information content (AvgIpc) is 2.14. The van der Waals surface area contributed by atoms with E-state index in [-0.39, 0.29) is 5.54 Å². The number of halogens is 1. The van der Waals surface area contributed by atoms with E-state index in [1.54, 1.807) is 0 Å². The number of aliphatic imine (C=N–C) groups is 1. The van der Waals surface area contributed by atoms with E-state index in [4.69, 9.17) is 17.3 Å². The summed E-state index contributed by atoms with van der Waals surface area (Å²) in [7, 11) is 0. The molecule has 1 aromatic carbocycles. The van der Waals surface area contributed by atoms with Gasteiger partial charge >= 0.3 is 0 Å². The van der Waals surface area contributed by atoms with Crippen molar-refractivity contribution in [1.82, 2.24) is 5.32 Å². The normalized spacial score (nSPS) is 12.6. The summed E-state index contributed by atoms with van der Waals surface area (Å²) < 4.78 is 0. The first-order valence-electron chi connectivity index (χ1n) is 5.20. The summed E-state index contributed by atoms with van der Waals surface area (Å²) in [4.78, 5) is 4.24. The summed E-state index contributed by atoms with van der Waals surface area (Å²) >= 11 is 6.01. The molecule has 0 aliphatic heterocycles. The van der Waals surface area contributed by atoms with Gasteiger partial charge in [0.25, 0.3) is 0 Å². The molecule has 4 heteroatoms. The summed E-state index contributed by atoms with van der Waals surface area (Å²) in [5.41, 5.74) is 6.65. The molecule has 0 saturated heterocycles. The summed E-state index contributed by atoms with van der Waals surface area (Å²) in [6, 6.07) is 7.62. The summed E-state index contributed by atoms with van der Waals surface area (Å²) in [5, 5.41) is 3.81. The zero-order chi connectivity index (χ0) is 12.2. The van der Waals surface area contributed by atoms with Gasteiger partial charge in [0.05, 0.1) is 6.54 Å². The zero-order valence-electron chi connectivity index (χ0n) is 9.92. The molecule has 0 atom stereocenters. The minimum absolute atomic E-state index is 0.0753. The van der Waals surface area contributed by atoms with Crippen LogP contribution in [0.15, 0.2) is 29.3 Å². The first-order chi connectivity index (χ1) is 7.38. The van der Waals surface area contributed by atoms with E-state index in [0.29, 0.717) is 12.5 Å². The lowest BCUT2D eigenvalue weighted by atomic mass is 10.1. The predicted molar refractivity (Wildman–Crippen MR) is 69.7 cm³/mol. The predicted octanol–water partition coefficient (Wildman–Crippen LogP) is 2.54. The van der Waals surface area contributed by atoms with Gasteiger partial charge in [-0.15, -0.1) is 0 Å². The van der Waals surface area contributed by atoms with Gasteiger partial charge in [-0.3, -0.25) is 0 Å². The number of hydrogen-bond donors (Lipinski definition) is 2. The van der Waals surface area contributed by atoms with Crippen LogP contribution in [-0.2, 0) is 6.54 Å². The Hall–Kier alpha value is -1.22. The fourth-order valence-corrected chi connectivity index (χ4v) is 1.42. The number of guanidine groups is 1. The Labute approximate surface area is 102 Å². The van der Waals surface area contributed by atoms with Crippen LogP contribution in [0.5, 0.6) is 0 Å². The SMILES string of the molecule is CC(C)(C)NC(N)=NCc1ccccc1Cl.